The van der Waals surface area contributed by atoms with Gasteiger partial charge in [-0.15, -0.1) is 0 Å². The lowest BCUT2D eigenvalue weighted by Gasteiger charge is -2.17. The molecule has 0 saturated heterocycles. The van der Waals surface area contributed by atoms with E-state index in [9.17, 15) is 19.2 Å². The Morgan fingerprint density at radius 3 is 2.77 bits per heavy atom. The number of esters is 1. The van der Waals surface area contributed by atoms with Gasteiger partial charge in [-0.05, 0) is 30.2 Å². The lowest BCUT2D eigenvalue weighted by Crippen LogP contribution is -2.39. The molecule has 0 bridgehead atoms. The van der Waals surface area contributed by atoms with Crippen LogP contribution >= 0.6 is 0 Å². The van der Waals surface area contributed by atoms with E-state index in [1.165, 1.54) is 13.1 Å². The summed E-state index contributed by atoms with van der Waals surface area (Å²) in [5.41, 5.74) is 1.79. The summed E-state index contributed by atoms with van der Waals surface area (Å²) in [6.07, 6.45) is 0.902. The monoisotopic (exact) mass is 305 g/mol. The van der Waals surface area contributed by atoms with Crippen molar-refractivity contribution in [1.82, 2.24) is 10.6 Å². The molecule has 0 saturated carbocycles. The first-order valence-electron chi connectivity index (χ1n) is 6.61. The van der Waals surface area contributed by atoms with Crippen LogP contribution in [0, 0.1) is 0 Å². The maximum Gasteiger partial charge on any atom is 0.338 e. The van der Waals surface area contributed by atoms with Crippen LogP contribution in [0.5, 0.6) is 0 Å². The summed E-state index contributed by atoms with van der Waals surface area (Å²) in [6.45, 7) is -0.555. The average molecular weight is 305 g/mol. The quantitative estimate of drug-likeness (QED) is 0.690. The molecule has 1 aromatic carbocycles. The highest BCUT2D eigenvalue weighted by Crippen LogP contribution is 2.23. The molecule has 0 aromatic heterocycles. The van der Waals surface area contributed by atoms with Gasteiger partial charge in [-0.2, -0.15) is 0 Å². The van der Waals surface area contributed by atoms with Gasteiger partial charge in [0.25, 0.3) is 5.91 Å². The first-order chi connectivity index (χ1) is 10.5. The smallest absolute Gasteiger partial charge is 0.338 e. The average Bonchev–Trinajstić information content (AvgIpc) is 2.51. The highest BCUT2D eigenvalue weighted by molar-refractivity contribution is 5.98. The molecule has 116 valence electrons. The largest absolute Gasteiger partial charge is 0.452 e. The highest BCUT2D eigenvalue weighted by Gasteiger charge is 2.18. The van der Waals surface area contributed by atoms with E-state index >= 15 is 0 Å². The van der Waals surface area contributed by atoms with Gasteiger partial charge in [-0.3, -0.25) is 14.9 Å². The molecule has 0 spiro atoms. The number of benzene rings is 1. The van der Waals surface area contributed by atoms with Crippen LogP contribution in [0.1, 0.15) is 22.3 Å². The van der Waals surface area contributed by atoms with Crippen molar-refractivity contribution >= 4 is 29.5 Å². The minimum Gasteiger partial charge on any atom is -0.452 e. The maximum absolute atomic E-state index is 11.9. The number of hydrogen-bond acceptors (Lipinski definition) is 5. The van der Waals surface area contributed by atoms with Crippen LogP contribution in [0.15, 0.2) is 18.2 Å². The molecule has 2 rings (SSSR count). The molecule has 22 heavy (non-hydrogen) atoms. The molecule has 4 amide bonds. The highest BCUT2D eigenvalue weighted by atomic mass is 16.5. The molecule has 1 aromatic rings. The summed E-state index contributed by atoms with van der Waals surface area (Å²) in [5.74, 6) is -1.46. The number of fused-ring (bicyclic) bond motifs is 1. The number of carbonyl (C=O) groups is 4. The molecule has 0 aliphatic carbocycles. The second-order valence-electron chi connectivity index (χ2n) is 4.62. The molecule has 1 heterocycles. The molecular formula is C14H15N3O5. The summed E-state index contributed by atoms with van der Waals surface area (Å²) in [6, 6.07) is 4.07. The Hall–Kier alpha value is -2.90. The Kier molecular flexibility index (Phi) is 4.72. The van der Waals surface area contributed by atoms with Crippen molar-refractivity contribution in [2.24, 2.45) is 0 Å². The van der Waals surface area contributed by atoms with E-state index in [-0.39, 0.29) is 11.5 Å². The first-order valence-corrected chi connectivity index (χ1v) is 6.61. The number of imide groups is 1. The Morgan fingerprint density at radius 2 is 2.05 bits per heavy atom. The van der Waals surface area contributed by atoms with Crippen LogP contribution in [-0.2, 0) is 20.7 Å². The lowest BCUT2D eigenvalue weighted by molar-refractivity contribution is -0.123. The SMILES string of the molecule is CNC(=O)NC(=O)COC(=O)c1ccc2c(c1)CCC(=O)N2. The number of rotatable bonds is 3. The molecule has 1 aliphatic rings. The third-order valence-corrected chi connectivity index (χ3v) is 3.05. The van der Waals surface area contributed by atoms with Crippen LogP contribution in [0.2, 0.25) is 0 Å². The van der Waals surface area contributed by atoms with Crippen molar-refractivity contribution in [2.75, 3.05) is 19.0 Å². The van der Waals surface area contributed by atoms with Crippen LogP contribution < -0.4 is 16.0 Å². The molecular weight excluding hydrogens is 290 g/mol. The van der Waals surface area contributed by atoms with Gasteiger partial charge in [0, 0.05) is 19.2 Å². The van der Waals surface area contributed by atoms with Crippen molar-refractivity contribution in [3.05, 3.63) is 29.3 Å². The predicted octanol–water partition coefficient (Wildman–Crippen LogP) is 0.184. The zero-order valence-electron chi connectivity index (χ0n) is 11.9. The van der Waals surface area contributed by atoms with Gasteiger partial charge in [0.05, 0.1) is 5.56 Å². The fourth-order valence-electron chi connectivity index (χ4n) is 1.95. The fourth-order valence-corrected chi connectivity index (χ4v) is 1.95. The Balaban J connectivity index is 1.94. The van der Waals surface area contributed by atoms with E-state index in [0.29, 0.717) is 18.5 Å². The number of urea groups is 1. The van der Waals surface area contributed by atoms with Crippen molar-refractivity contribution < 1.29 is 23.9 Å². The van der Waals surface area contributed by atoms with Crippen LogP contribution in [-0.4, -0.2) is 37.5 Å². The molecule has 0 radical (unpaired) electrons. The van der Waals surface area contributed by atoms with Crippen molar-refractivity contribution in [2.45, 2.75) is 12.8 Å². The molecule has 1 aliphatic heterocycles. The van der Waals surface area contributed by atoms with E-state index in [4.69, 9.17) is 4.74 Å². The van der Waals surface area contributed by atoms with E-state index in [0.717, 1.165) is 5.56 Å². The van der Waals surface area contributed by atoms with Gasteiger partial charge in [-0.1, -0.05) is 0 Å². The summed E-state index contributed by atoms with van der Waals surface area (Å²) >= 11 is 0. The Labute approximate surface area is 126 Å². The van der Waals surface area contributed by atoms with Gasteiger partial charge in [-0.25, -0.2) is 9.59 Å². The number of carbonyl (C=O) groups excluding carboxylic acids is 4. The molecule has 8 heteroatoms. The predicted molar refractivity (Wildman–Crippen MR) is 76.3 cm³/mol. The fraction of sp³-hybridized carbons (Fsp3) is 0.286. The number of hydrogen-bond donors (Lipinski definition) is 3. The zero-order valence-corrected chi connectivity index (χ0v) is 11.9. The van der Waals surface area contributed by atoms with E-state index in [1.54, 1.807) is 12.1 Å². The molecule has 8 nitrogen and oxygen atoms in total. The zero-order chi connectivity index (χ0) is 16.1. The summed E-state index contributed by atoms with van der Waals surface area (Å²) < 4.78 is 4.83. The van der Waals surface area contributed by atoms with Crippen molar-refractivity contribution in [3.63, 3.8) is 0 Å². The van der Waals surface area contributed by atoms with E-state index in [2.05, 4.69) is 10.6 Å². The number of anilines is 1. The lowest BCUT2D eigenvalue weighted by atomic mass is 10.0. The summed E-state index contributed by atoms with van der Waals surface area (Å²) in [5, 5.41) is 6.89. The minimum absolute atomic E-state index is 0.0614. The second kappa shape index (κ2) is 6.70. The van der Waals surface area contributed by atoms with E-state index in [1.807, 2.05) is 5.32 Å². The van der Waals surface area contributed by atoms with Crippen molar-refractivity contribution in [1.29, 1.82) is 0 Å². The van der Waals surface area contributed by atoms with Crippen LogP contribution in [0.3, 0.4) is 0 Å². The number of nitrogens with one attached hydrogen (secondary N) is 3. The standard InChI is InChI=1S/C14H15N3O5/c1-15-14(21)17-12(19)7-22-13(20)9-2-4-10-8(6-9)3-5-11(18)16-10/h2,4,6H,3,5,7H2,1H3,(H,16,18)(H2,15,17,19,21). The minimum atomic E-state index is -0.724. The number of aryl methyl sites for hydroxylation is 1. The van der Waals surface area contributed by atoms with Crippen LogP contribution in [0.4, 0.5) is 10.5 Å². The van der Waals surface area contributed by atoms with Gasteiger partial charge in [0.15, 0.2) is 6.61 Å². The van der Waals surface area contributed by atoms with Gasteiger partial charge in [0.1, 0.15) is 0 Å². The topological polar surface area (TPSA) is 114 Å². The molecule has 0 atom stereocenters. The first kappa shape index (κ1) is 15.5. The number of ether oxygens (including phenoxy) is 1. The number of amides is 4. The van der Waals surface area contributed by atoms with Crippen molar-refractivity contribution in [3.8, 4) is 0 Å². The summed E-state index contributed by atoms with van der Waals surface area (Å²) in [7, 11) is 1.36. The molecule has 3 N–H and O–H groups in total. The molecule has 0 fully saturated rings. The second-order valence-corrected chi connectivity index (χ2v) is 4.62. The third kappa shape index (κ3) is 3.81. The van der Waals surface area contributed by atoms with Crippen LogP contribution in [0.25, 0.3) is 0 Å². The Bertz CT molecular complexity index is 641. The van der Waals surface area contributed by atoms with E-state index < -0.39 is 24.5 Å². The van der Waals surface area contributed by atoms with Gasteiger partial charge < -0.3 is 15.4 Å². The Morgan fingerprint density at radius 1 is 1.27 bits per heavy atom. The molecule has 0 unspecified atom stereocenters. The third-order valence-electron chi connectivity index (χ3n) is 3.05. The maximum atomic E-state index is 11.9. The summed E-state index contributed by atoms with van der Waals surface area (Å²) in [4.78, 5) is 45.3. The van der Waals surface area contributed by atoms with Gasteiger partial charge in [0.2, 0.25) is 5.91 Å². The van der Waals surface area contributed by atoms with Gasteiger partial charge >= 0.3 is 12.0 Å². The normalized spacial score (nSPS) is 12.7.